The maximum Gasteiger partial charge on any atom is 0.144 e. The molecule has 4 heteroatoms. The summed E-state index contributed by atoms with van der Waals surface area (Å²) < 4.78 is 5.31. The van der Waals surface area contributed by atoms with E-state index in [9.17, 15) is 0 Å². The lowest BCUT2D eigenvalue weighted by Crippen LogP contribution is -2.06. The molecule has 2 aromatic rings. The lowest BCUT2D eigenvalue weighted by Gasteiger charge is -2.14. The van der Waals surface area contributed by atoms with Gasteiger partial charge in [-0.1, -0.05) is 19.4 Å². The van der Waals surface area contributed by atoms with Gasteiger partial charge in [0.15, 0.2) is 0 Å². The molecular formula is C14H19N3O. The van der Waals surface area contributed by atoms with Gasteiger partial charge in [0.05, 0.1) is 24.0 Å². The predicted molar refractivity (Wildman–Crippen MR) is 76.1 cm³/mol. The van der Waals surface area contributed by atoms with Gasteiger partial charge in [0.1, 0.15) is 5.75 Å². The number of unbranched alkanes of at least 4 members (excludes halogenated alkanes) is 1. The average molecular weight is 245 g/mol. The lowest BCUT2D eigenvalue weighted by atomic mass is 10.1. The number of ether oxygens (including phenoxy) is 1. The van der Waals surface area contributed by atoms with Crippen molar-refractivity contribution in [1.29, 1.82) is 0 Å². The minimum atomic E-state index is 0.625. The summed E-state index contributed by atoms with van der Waals surface area (Å²) in [4.78, 5) is 4.40. The maximum absolute atomic E-state index is 6.11. The molecule has 0 saturated carbocycles. The first-order valence-electron chi connectivity index (χ1n) is 6.23. The van der Waals surface area contributed by atoms with Crippen LogP contribution in [-0.2, 0) is 0 Å². The standard InChI is InChI=1S/C14H19N3O/c1-3-4-7-17-14-12(15)11(18-2)9-10-6-5-8-16-13(10)14/h5-6,8-9,17H,3-4,7,15H2,1-2H3. The van der Waals surface area contributed by atoms with Crippen molar-refractivity contribution in [3.63, 3.8) is 0 Å². The van der Waals surface area contributed by atoms with Crippen LogP contribution in [0.25, 0.3) is 10.9 Å². The van der Waals surface area contributed by atoms with Gasteiger partial charge >= 0.3 is 0 Å². The van der Waals surface area contributed by atoms with Crippen molar-refractivity contribution < 1.29 is 4.74 Å². The van der Waals surface area contributed by atoms with E-state index in [1.54, 1.807) is 13.3 Å². The molecule has 0 fully saturated rings. The zero-order valence-electron chi connectivity index (χ0n) is 10.9. The molecule has 0 saturated heterocycles. The summed E-state index contributed by atoms with van der Waals surface area (Å²) in [5, 5.41) is 4.39. The Hall–Kier alpha value is -1.97. The van der Waals surface area contributed by atoms with Crippen molar-refractivity contribution in [2.45, 2.75) is 19.8 Å². The molecule has 0 aliphatic carbocycles. The van der Waals surface area contributed by atoms with E-state index < -0.39 is 0 Å². The van der Waals surface area contributed by atoms with Crippen molar-refractivity contribution in [3.8, 4) is 5.75 Å². The highest BCUT2D eigenvalue weighted by Crippen LogP contribution is 2.36. The molecule has 4 nitrogen and oxygen atoms in total. The van der Waals surface area contributed by atoms with E-state index in [1.807, 2.05) is 18.2 Å². The first-order valence-corrected chi connectivity index (χ1v) is 6.23. The van der Waals surface area contributed by atoms with Gasteiger partial charge in [-0.15, -0.1) is 0 Å². The number of rotatable bonds is 5. The summed E-state index contributed by atoms with van der Waals surface area (Å²) in [6, 6.07) is 5.84. The number of benzene rings is 1. The molecule has 0 spiro atoms. The molecule has 1 aromatic heterocycles. The van der Waals surface area contributed by atoms with Gasteiger partial charge in [0, 0.05) is 18.1 Å². The first-order chi connectivity index (χ1) is 8.77. The minimum absolute atomic E-state index is 0.625. The molecular weight excluding hydrogens is 226 g/mol. The van der Waals surface area contributed by atoms with Crippen LogP contribution in [0.2, 0.25) is 0 Å². The molecule has 0 aliphatic heterocycles. The lowest BCUT2D eigenvalue weighted by molar-refractivity contribution is 0.417. The number of nitrogens with two attached hydrogens (primary N) is 1. The van der Waals surface area contributed by atoms with Crippen LogP contribution in [0.5, 0.6) is 5.75 Å². The van der Waals surface area contributed by atoms with Crippen LogP contribution in [0.1, 0.15) is 19.8 Å². The van der Waals surface area contributed by atoms with E-state index in [0.29, 0.717) is 11.4 Å². The number of hydrogen-bond donors (Lipinski definition) is 2. The van der Waals surface area contributed by atoms with E-state index in [0.717, 1.165) is 36.0 Å². The number of pyridine rings is 1. The summed E-state index contributed by atoms with van der Waals surface area (Å²) in [5.74, 6) is 0.689. The van der Waals surface area contributed by atoms with Gasteiger partial charge in [-0.05, 0) is 18.6 Å². The highest BCUT2D eigenvalue weighted by atomic mass is 16.5. The van der Waals surface area contributed by atoms with Gasteiger partial charge in [0.2, 0.25) is 0 Å². The van der Waals surface area contributed by atoms with Crippen LogP contribution >= 0.6 is 0 Å². The van der Waals surface area contributed by atoms with Crippen LogP contribution in [0, 0.1) is 0 Å². The fourth-order valence-electron chi connectivity index (χ4n) is 1.95. The molecule has 0 amide bonds. The number of nitrogens with one attached hydrogen (secondary N) is 1. The molecule has 0 bridgehead atoms. The van der Waals surface area contributed by atoms with Crippen molar-refractivity contribution in [3.05, 3.63) is 24.4 Å². The smallest absolute Gasteiger partial charge is 0.144 e. The van der Waals surface area contributed by atoms with E-state index in [4.69, 9.17) is 10.5 Å². The summed E-state index contributed by atoms with van der Waals surface area (Å²) in [5.41, 5.74) is 8.51. The molecule has 0 unspecified atom stereocenters. The van der Waals surface area contributed by atoms with Crippen molar-refractivity contribution in [1.82, 2.24) is 4.98 Å². The second-order valence-electron chi connectivity index (χ2n) is 4.22. The van der Waals surface area contributed by atoms with Crippen LogP contribution in [0.3, 0.4) is 0 Å². The summed E-state index contributed by atoms with van der Waals surface area (Å²) in [6.07, 6.45) is 4.02. The van der Waals surface area contributed by atoms with E-state index in [1.165, 1.54) is 0 Å². The van der Waals surface area contributed by atoms with Gasteiger partial charge in [-0.2, -0.15) is 0 Å². The Balaban J connectivity index is 2.48. The van der Waals surface area contributed by atoms with Crippen LogP contribution in [0.4, 0.5) is 11.4 Å². The van der Waals surface area contributed by atoms with E-state index in [2.05, 4.69) is 17.2 Å². The van der Waals surface area contributed by atoms with E-state index in [-0.39, 0.29) is 0 Å². The molecule has 18 heavy (non-hydrogen) atoms. The van der Waals surface area contributed by atoms with Gasteiger partial charge in [-0.25, -0.2) is 0 Å². The zero-order valence-corrected chi connectivity index (χ0v) is 10.9. The predicted octanol–water partition coefficient (Wildman–Crippen LogP) is 3.04. The molecule has 1 aromatic carbocycles. The number of nitrogens with zero attached hydrogens (tertiary/aromatic N) is 1. The monoisotopic (exact) mass is 245 g/mol. The zero-order chi connectivity index (χ0) is 13.0. The van der Waals surface area contributed by atoms with Crippen molar-refractivity contribution >= 4 is 22.3 Å². The molecule has 0 atom stereocenters. The largest absolute Gasteiger partial charge is 0.494 e. The number of anilines is 2. The molecule has 3 N–H and O–H groups in total. The summed E-state index contributed by atoms with van der Waals surface area (Å²) in [7, 11) is 1.63. The highest BCUT2D eigenvalue weighted by molar-refractivity contribution is 5.99. The second kappa shape index (κ2) is 5.58. The molecule has 2 rings (SSSR count). The number of hydrogen-bond acceptors (Lipinski definition) is 4. The number of methoxy groups -OCH3 is 1. The van der Waals surface area contributed by atoms with Gasteiger partial charge < -0.3 is 15.8 Å². The Labute approximate surface area is 107 Å². The van der Waals surface area contributed by atoms with E-state index >= 15 is 0 Å². The fourth-order valence-corrected chi connectivity index (χ4v) is 1.95. The third-order valence-corrected chi connectivity index (χ3v) is 2.95. The minimum Gasteiger partial charge on any atom is -0.494 e. The Morgan fingerprint density at radius 3 is 3.00 bits per heavy atom. The third-order valence-electron chi connectivity index (χ3n) is 2.95. The topological polar surface area (TPSA) is 60.2 Å². The number of aromatic nitrogens is 1. The Kier molecular flexibility index (Phi) is 3.87. The Bertz CT molecular complexity index is 540. The number of nitrogen functional groups attached to an aromatic ring is 1. The first kappa shape index (κ1) is 12.5. The summed E-state index contributed by atoms with van der Waals surface area (Å²) >= 11 is 0. The Morgan fingerprint density at radius 2 is 2.28 bits per heavy atom. The van der Waals surface area contributed by atoms with Crippen LogP contribution in [-0.4, -0.2) is 18.6 Å². The SMILES string of the molecule is CCCCNc1c(N)c(OC)cc2cccnc12. The highest BCUT2D eigenvalue weighted by Gasteiger charge is 2.11. The normalized spacial score (nSPS) is 10.6. The average Bonchev–Trinajstić information content (AvgIpc) is 2.41. The molecule has 96 valence electrons. The third kappa shape index (κ3) is 2.32. The Morgan fingerprint density at radius 1 is 1.44 bits per heavy atom. The summed E-state index contributed by atoms with van der Waals surface area (Å²) in [6.45, 7) is 3.05. The maximum atomic E-state index is 6.11. The second-order valence-corrected chi connectivity index (χ2v) is 4.22. The molecule has 0 radical (unpaired) electrons. The van der Waals surface area contributed by atoms with Crippen LogP contribution < -0.4 is 15.8 Å². The van der Waals surface area contributed by atoms with Crippen molar-refractivity contribution in [2.75, 3.05) is 24.7 Å². The number of fused-ring (bicyclic) bond motifs is 1. The van der Waals surface area contributed by atoms with Crippen LogP contribution in [0.15, 0.2) is 24.4 Å². The molecule has 0 aliphatic rings. The fraction of sp³-hybridized carbons (Fsp3) is 0.357. The van der Waals surface area contributed by atoms with Crippen molar-refractivity contribution in [2.24, 2.45) is 0 Å². The molecule has 1 heterocycles. The van der Waals surface area contributed by atoms with Gasteiger partial charge in [0.25, 0.3) is 0 Å². The van der Waals surface area contributed by atoms with Gasteiger partial charge in [-0.3, -0.25) is 4.98 Å². The quantitative estimate of drug-likeness (QED) is 0.628.